The fourth-order valence-corrected chi connectivity index (χ4v) is 1.49. The topological polar surface area (TPSA) is 74.2 Å². The van der Waals surface area contributed by atoms with Crippen molar-refractivity contribution < 1.29 is 9.90 Å². The molecule has 0 spiro atoms. The van der Waals surface area contributed by atoms with Crippen molar-refractivity contribution in [3.05, 3.63) is 48.2 Å². The van der Waals surface area contributed by atoms with Gasteiger partial charge in [-0.2, -0.15) is 0 Å². The van der Waals surface area contributed by atoms with Gasteiger partial charge in [-0.15, -0.1) is 0 Å². The van der Waals surface area contributed by atoms with Crippen LogP contribution in [0.25, 0.3) is 0 Å². The van der Waals surface area contributed by atoms with E-state index in [1.807, 2.05) is 31.3 Å². The zero-order valence-corrected chi connectivity index (χ0v) is 9.84. The molecule has 1 heterocycles. The molecule has 0 amide bonds. The van der Waals surface area contributed by atoms with Gasteiger partial charge in [0.2, 0.25) is 0 Å². The SMILES string of the molecule is CNc1ccc(Nc2cccc(C(=O)O)n2)cc1. The van der Waals surface area contributed by atoms with Gasteiger partial charge in [0.05, 0.1) is 0 Å². The van der Waals surface area contributed by atoms with Gasteiger partial charge in [0, 0.05) is 18.4 Å². The van der Waals surface area contributed by atoms with Crippen molar-refractivity contribution in [3.63, 3.8) is 0 Å². The van der Waals surface area contributed by atoms with Crippen LogP contribution >= 0.6 is 0 Å². The highest BCUT2D eigenvalue weighted by atomic mass is 16.4. The van der Waals surface area contributed by atoms with Crippen LogP contribution in [0, 0.1) is 0 Å². The molecule has 1 aromatic heterocycles. The number of carboxylic acids is 1. The first-order valence-electron chi connectivity index (χ1n) is 5.44. The number of nitrogens with zero attached hydrogens (tertiary/aromatic N) is 1. The van der Waals surface area contributed by atoms with Crippen LogP contribution in [0.5, 0.6) is 0 Å². The molecule has 5 heteroatoms. The standard InChI is InChI=1S/C13H13N3O2/c1-14-9-5-7-10(8-6-9)15-12-4-2-3-11(16-12)13(17)18/h2-8,14H,1H3,(H,15,16)(H,17,18). The normalized spacial score (nSPS) is 9.83. The lowest BCUT2D eigenvalue weighted by Crippen LogP contribution is -2.02. The molecule has 0 fully saturated rings. The Morgan fingerprint density at radius 3 is 2.39 bits per heavy atom. The Balaban J connectivity index is 2.17. The molecule has 0 radical (unpaired) electrons. The van der Waals surface area contributed by atoms with E-state index in [9.17, 15) is 4.79 Å². The molecule has 3 N–H and O–H groups in total. The maximum atomic E-state index is 10.8. The van der Waals surface area contributed by atoms with Crippen LogP contribution in [0.2, 0.25) is 0 Å². The fourth-order valence-electron chi connectivity index (χ4n) is 1.49. The predicted molar refractivity (Wildman–Crippen MR) is 70.5 cm³/mol. The van der Waals surface area contributed by atoms with E-state index >= 15 is 0 Å². The molecule has 0 bridgehead atoms. The molecule has 0 aliphatic rings. The molecule has 18 heavy (non-hydrogen) atoms. The Kier molecular flexibility index (Phi) is 3.43. The smallest absolute Gasteiger partial charge is 0.354 e. The number of benzene rings is 1. The molecular formula is C13H13N3O2. The van der Waals surface area contributed by atoms with Crippen LogP contribution in [-0.4, -0.2) is 23.1 Å². The third kappa shape index (κ3) is 2.76. The Morgan fingerprint density at radius 1 is 1.11 bits per heavy atom. The van der Waals surface area contributed by atoms with E-state index < -0.39 is 5.97 Å². The van der Waals surface area contributed by atoms with Crippen molar-refractivity contribution in [2.24, 2.45) is 0 Å². The van der Waals surface area contributed by atoms with E-state index in [0.29, 0.717) is 5.82 Å². The molecule has 0 aliphatic heterocycles. The second-order valence-electron chi connectivity index (χ2n) is 3.67. The van der Waals surface area contributed by atoms with Gasteiger partial charge < -0.3 is 15.7 Å². The number of pyridine rings is 1. The lowest BCUT2D eigenvalue weighted by atomic mass is 10.2. The van der Waals surface area contributed by atoms with Crippen LogP contribution in [0.4, 0.5) is 17.2 Å². The number of carboxylic acid groups (broad SMARTS) is 1. The lowest BCUT2D eigenvalue weighted by molar-refractivity contribution is 0.0690. The van der Waals surface area contributed by atoms with E-state index in [2.05, 4.69) is 15.6 Å². The van der Waals surface area contributed by atoms with Gasteiger partial charge in [-0.25, -0.2) is 9.78 Å². The molecule has 0 atom stereocenters. The molecule has 2 rings (SSSR count). The molecular weight excluding hydrogens is 230 g/mol. The van der Waals surface area contributed by atoms with Crippen molar-refractivity contribution in [3.8, 4) is 0 Å². The van der Waals surface area contributed by atoms with Gasteiger partial charge >= 0.3 is 5.97 Å². The molecule has 92 valence electrons. The number of anilines is 3. The summed E-state index contributed by atoms with van der Waals surface area (Å²) in [5.41, 5.74) is 1.88. The highest BCUT2D eigenvalue weighted by Gasteiger charge is 2.04. The minimum absolute atomic E-state index is 0.0202. The average Bonchev–Trinajstić information content (AvgIpc) is 2.40. The Morgan fingerprint density at radius 2 is 1.78 bits per heavy atom. The van der Waals surface area contributed by atoms with Crippen LogP contribution in [0.3, 0.4) is 0 Å². The summed E-state index contributed by atoms with van der Waals surface area (Å²) >= 11 is 0. The van der Waals surface area contributed by atoms with Crippen LogP contribution in [0.15, 0.2) is 42.5 Å². The fraction of sp³-hybridized carbons (Fsp3) is 0.0769. The first-order chi connectivity index (χ1) is 8.69. The van der Waals surface area contributed by atoms with Crippen molar-refractivity contribution in [2.75, 3.05) is 17.7 Å². The second kappa shape index (κ2) is 5.18. The number of carbonyl (C=O) groups is 1. The first-order valence-corrected chi connectivity index (χ1v) is 5.44. The average molecular weight is 243 g/mol. The summed E-state index contributed by atoms with van der Waals surface area (Å²) < 4.78 is 0. The summed E-state index contributed by atoms with van der Waals surface area (Å²) in [6.07, 6.45) is 0. The number of aromatic nitrogens is 1. The highest BCUT2D eigenvalue weighted by Crippen LogP contribution is 2.17. The number of aromatic carboxylic acids is 1. The maximum absolute atomic E-state index is 10.8. The van der Waals surface area contributed by atoms with Gasteiger partial charge in [0.15, 0.2) is 5.69 Å². The zero-order valence-electron chi connectivity index (χ0n) is 9.84. The Hall–Kier alpha value is -2.56. The third-order valence-electron chi connectivity index (χ3n) is 2.41. The number of hydrogen-bond donors (Lipinski definition) is 3. The van der Waals surface area contributed by atoms with Crippen molar-refractivity contribution in [1.82, 2.24) is 4.98 Å². The van der Waals surface area contributed by atoms with E-state index in [1.165, 1.54) is 6.07 Å². The molecule has 0 saturated carbocycles. The van der Waals surface area contributed by atoms with E-state index in [4.69, 9.17) is 5.11 Å². The summed E-state index contributed by atoms with van der Waals surface area (Å²) in [7, 11) is 1.85. The van der Waals surface area contributed by atoms with Crippen LogP contribution in [0.1, 0.15) is 10.5 Å². The van der Waals surface area contributed by atoms with Gasteiger partial charge in [-0.05, 0) is 36.4 Å². The first kappa shape index (κ1) is 11.9. The third-order valence-corrected chi connectivity index (χ3v) is 2.41. The molecule has 0 aliphatic carbocycles. The summed E-state index contributed by atoms with van der Waals surface area (Å²) in [6, 6.07) is 12.4. The summed E-state index contributed by atoms with van der Waals surface area (Å²) in [5.74, 6) is -0.531. The van der Waals surface area contributed by atoms with E-state index in [0.717, 1.165) is 11.4 Å². The minimum Gasteiger partial charge on any atom is -0.477 e. The van der Waals surface area contributed by atoms with Crippen LogP contribution < -0.4 is 10.6 Å². The largest absolute Gasteiger partial charge is 0.477 e. The van der Waals surface area contributed by atoms with Gasteiger partial charge in [-0.3, -0.25) is 0 Å². The van der Waals surface area contributed by atoms with Gasteiger partial charge in [0.1, 0.15) is 5.82 Å². The Bertz CT molecular complexity index is 552. The van der Waals surface area contributed by atoms with E-state index in [-0.39, 0.29) is 5.69 Å². The monoisotopic (exact) mass is 243 g/mol. The van der Waals surface area contributed by atoms with Gasteiger partial charge in [-0.1, -0.05) is 6.07 Å². The molecule has 0 saturated heterocycles. The van der Waals surface area contributed by atoms with Crippen molar-refractivity contribution >= 4 is 23.2 Å². The molecule has 2 aromatic rings. The quantitative estimate of drug-likeness (QED) is 0.769. The summed E-state index contributed by atoms with van der Waals surface area (Å²) in [4.78, 5) is 14.8. The number of nitrogens with one attached hydrogen (secondary N) is 2. The van der Waals surface area contributed by atoms with E-state index in [1.54, 1.807) is 12.1 Å². The maximum Gasteiger partial charge on any atom is 0.354 e. The Labute approximate surface area is 104 Å². The molecule has 5 nitrogen and oxygen atoms in total. The molecule has 1 aromatic carbocycles. The zero-order chi connectivity index (χ0) is 13.0. The second-order valence-corrected chi connectivity index (χ2v) is 3.67. The van der Waals surface area contributed by atoms with Crippen molar-refractivity contribution in [1.29, 1.82) is 0 Å². The minimum atomic E-state index is -1.04. The predicted octanol–water partition coefficient (Wildman–Crippen LogP) is 2.57. The number of rotatable bonds is 4. The highest BCUT2D eigenvalue weighted by molar-refractivity contribution is 5.85. The van der Waals surface area contributed by atoms with Crippen LogP contribution in [-0.2, 0) is 0 Å². The van der Waals surface area contributed by atoms with Crippen molar-refractivity contribution in [2.45, 2.75) is 0 Å². The summed E-state index contributed by atoms with van der Waals surface area (Å²) in [6.45, 7) is 0. The van der Waals surface area contributed by atoms with Gasteiger partial charge in [0.25, 0.3) is 0 Å². The molecule has 0 unspecified atom stereocenters. The number of hydrogen-bond acceptors (Lipinski definition) is 4. The lowest BCUT2D eigenvalue weighted by Gasteiger charge is -2.07. The summed E-state index contributed by atoms with van der Waals surface area (Å²) in [5, 5.41) is 14.9.